The number of likely N-dealkylation sites (tertiary alicyclic amines) is 1. The van der Waals surface area contributed by atoms with Crippen LogP contribution in [0.1, 0.15) is 46.6 Å². The molecule has 4 rings (SSSR count). The number of carbonyl (C=O) groups is 3. The maximum atomic E-state index is 13.7. The van der Waals surface area contributed by atoms with Crippen molar-refractivity contribution in [1.82, 2.24) is 15.5 Å². The van der Waals surface area contributed by atoms with Gasteiger partial charge in [0.25, 0.3) is 0 Å². The number of benzene rings is 1. The molecule has 3 aliphatic heterocycles. The van der Waals surface area contributed by atoms with Gasteiger partial charge in [0.15, 0.2) is 0 Å². The zero-order chi connectivity index (χ0) is 24.2. The number of β-amino-alcohol motifs (C(OH)–C–C–N with tert-alkyl or cyclic N) is 1. The van der Waals surface area contributed by atoms with Crippen molar-refractivity contribution in [3.63, 3.8) is 0 Å². The number of aliphatic hydroxyl groups excluding tert-OH is 1. The van der Waals surface area contributed by atoms with Gasteiger partial charge in [0.1, 0.15) is 11.6 Å². The van der Waals surface area contributed by atoms with Gasteiger partial charge in [-0.1, -0.05) is 37.3 Å². The van der Waals surface area contributed by atoms with Crippen LogP contribution >= 0.6 is 0 Å². The lowest BCUT2D eigenvalue weighted by Gasteiger charge is -2.36. The number of ether oxygens (including phenoxy) is 1. The Labute approximate surface area is 195 Å². The molecule has 1 aromatic rings. The van der Waals surface area contributed by atoms with Crippen LogP contribution in [0.3, 0.4) is 0 Å². The molecule has 0 aromatic heterocycles. The highest BCUT2D eigenvalue weighted by atomic mass is 16.5. The Bertz CT molecular complexity index is 945. The lowest BCUT2D eigenvalue weighted by atomic mass is 9.62. The maximum Gasteiger partial charge on any atom is 0.246 e. The Morgan fingerprint density at radius 2 is 1.88 bits per heavy atom. The summed E-state index contributed by atoms with van der Waals surface area (Å²) < 4.78 is 6.60. The molecule has 8 heteroatoms. The van der Waals surface area contributed by atoms with Gasteiger partial charge in [-0.15, -0.1) is 0 Å². The zero-order valence-corrected chi connectivity index (χ0v) is 20.1. The zero-order valence-electron chi connectivity index (χ0n) is 20.1. The number of rotatable bonds is 6. The van der Waals surface area contributed by atoms with E-state index >= 15 is 0 Å². The molecule has 0 aliphatic carbocycles. The van der Waals surface area contributed by atoms with E-state index in [0.29, 0.717) is 13.0 Å². The van der Waals surface area contributed by atoms with E-state index in [-0.39, 0.29) is 36.8 Å². The SMILES string of the molecule is CC1CC23O[C@@]1(C)[C@H](C(=O)NCc1ccccc1)[C@H]2C(=O)N(CCO)C3C(=O)NC(C)(C)C. The largest absolute Gasteiger partial charge is 0.395 e. The Kier molecular flexibility index (Phi) is 5.81. The van der Waals surface area contributed by atoms with E-state index in [9.17, 15) is 19.5 Å². The quantitative estimate of drug-likeness (QED) is 0.595. The van der Waals surface area contributed by atoms with Gasteiger partial charge in [-0.3, -0.25) is 14.4 Å². The van der Waals surface area contributed by atoms with Crippen molar-refractivity contribution < 1.29 is 24.2 Å². The summed E-state index contributed by atoms with van der Waals surface area (Å²) in [5, 5.41) is 15.6. The summed E-state index contributed by atoms with van der Waals surface area (Å²) in [6.07, 6.45) is 0.506. The van der Waals surface area contributed by atoms with E-state index in [1.54, 1.807) is 0 Å². The van der Waals surface area contributed by atoms with Crippen molar-refractivity contribution in [3.05, 3.63) is 35.9 Å². The second-order valence-electron chi connectivity index (χ2n) is 10.9. The Hall–Kier alpha value is -2.45. The minimum atomic E-state index is -1.09. The van der Waals surface area contributed by atoms with Crippen molar-refractivity contribution >= 4 is 17.7 Å². The molecule has 3 saturated heterocycles. The first-order valence-corrected chi connectivity index (χ1v) is 11.7. The molecule has 3 N–H and O–H groups in total. The molecule has 180 valence electrons. The third kappa shape index (κ3) is 3.73. The van der Waals surface area contributed by atoms with E-state index < -0.39 is 34.6 Å². The lowest BCUT2D eigenvalue weighted by Crippen LogP contribution is -2.58. The minimum Gasteiger partial charge on any atom is -0.395 e. The summed E-state index contributed by atoms with van der Waals surface area (Å²) in [7, 11) is 0. The van der Waals surface area contributed by atoms with Crippen LogP contribution in [0.15, 0.2) is 30.3 Å². The average Bonchev–Trinajstić information content (AvgIpc) is 3.23. The molecule has 3 fully saturated rings. The molecule has 3 heterocycles. The number of amides is 3. The van der Waals surface area contributed by atoms with Crippen LogP contribution in [0.5, 0.6) is 0 Å². The molecule has 33 heavy (non-hydrogen) atoms. The van der Waals surface area contributed by atoms with Crippen molar-refractivity contribution in [2.75, 3.05) is 13.2 Å². The first-order chi connectivity index (χ1) is 15.4. The standard InChI is InChI=1S/C25H35N3O5/c1-15-13-25-18(22(32)28(11-12-29)19(25)21(31)27-23(2,3)4)17(24(15,5)33-25)20(30)26-14-16-9-7-6-8-10-16/h6-10,15,17-19,29H,11-14H2,1-5H3,(H,26,30)(H,27,31)/t15?,17-,18-,19?,24+,25?/m0/s1. The highest BCUT2D eigenvalue weighted by Gasteiger charge is 2.79. The molecule has 1 spiro atoms. The van der Waals surface area contributed by atoms with E-state index in [0.717, 1.165) is 5.56 Å². The van der Waals surface area contributed by atoms with Crippen LogP contribution < -0.4 is 10.6 Å². The maximum absolute atomic E-state index is 13.7. The molecule has 8 nitrogen and oxygen atoms in total. The second kappa shape index (κ2) is 8.09. The highest BCUT2D eigenvalue weighted by Crippen LogP contribution is 2.65. The smallest absolute Gasteiger partial charge is 0.246 e. The fourth-order valence-electron chi connectivity index (χ4n) is 6.12. The van der Waals surface area contributed by atoms with Gasteiger partial charge in [0.05, 0.1) is 24.0 Å². The first-order valence-electron chi connectivity index (χ1n) is 11.7. The number of fused-ring (bicyclic) bond motifs is 1. The average molecular weight is 458 g/mol. The van der Waals surface area contributed by atoms with Crippen LogP contribution in [-0.4, -0.2) is 63.7 Å². The minimum absolute atomic E-state index is 0.0200. The topological polar surface area (TPSA) is 108 Å². The summed E-state index contributed by atoms with van der Waals surface area (Å²) in [6.45, 7) is 9.64. The monoisotopic (exact) mass is 457 g/mol. The fraction of sp³-hybridized carbons (Fsp3) is 0.640. The van der Waals surface area contributed by atoms with E-state index in [1.165, 1.54) is 4.90 Å². The van der Waals surface area contributed by atoms with Gasteiger partial charge in [0.2, 0.25) is 17.7 Å². The Balaban J connectivity index is 1.68. The number of aliphatic hydroxyl groups is 1. The predicted molar refractivity (Wildman–Crippen MR) is 122 cm³/mol. The van der Waals surface area contributed by atoms with Crippen LogP contribution in [0.4, 0.5) is 0 Å². The summed E-state index contributed by atoms with van der Waals surface area (Å²) in [6, 6.07) is 8.70. The first kappa shape index (κ1) is 23.7. The van der Waals surface area contributed by atoms with Crippen molar-refractivity contribution in [2.24, 2.45) is 17.8 Å². The van der Waals surface area contributed by atoms with Crippen molar-refractivity contribution in [1.29, 1.82) is 0 Å². The summed E-state index contributed by atoms with van der Waals surface area (Å²) in [5.41, 5.74) is -1.49. The van der Waals surface area contributed by atoms with E-state index in [4.69, 9.17) is 4.74 Å². The van der Waals surface area contributed by atoms with Crippen LogP contribution in [0.2, 0.25) is 0 Å². The summed E-state index contributed by atoms with van der Waals surface area (Å²) >= 11 is 0. The molecule has 0 radical (unpaired) electrons. The van der Waals surface area contributed by atoms with Gasteiger partial charge in [-0.2, -0.15) is 0 Å². The Morgan fingerprint density at radius 1 is 1.21 bits per heavy atom. The number of hydrogen-bond acceptors (Lipinski definition) is 5. The second-order valence-corrected chi connectivity index (χ2v) is 10.9. The number of hydrogen-bond donors (Lipinski definition) is 3. The third-order valence-electron chi connectivity index (χ3n) is 7.49. The molecule has 2 bridgehead atoms. The third-order valence-corrected chi connectivity index (χ3v) is 7.49. The molecule has 3 amide bonds. The summed E-state index contributed by atoms with van der Waals surface area (Å²) in [4.78, 5) is 42.0. The summed E-state index contributed by atoms with van der Waals surface area (Å²) in [5.74, 6) is -2.35. The van der Waals surface area contributed by atoms with Crippen molar-refractivity contribution in [3.8, 4) is 0 Å². The number of carbonyl (C=O) groups excluding carboxylic acids is 3. The van der Waals surface area contributed by atoms with Crippen LogP contribution in [0.25, 0.3) is 0 Å². The van der Waals surface area contributed by atoms with Gasteiger partial charge >= 0.3 is 0 Å². The molecular formula is C25H35N3O5. The highest BCUT2D eigenvalue weighted by molar-refractivity contribution is 5.99. The predicted octanol–water partition coefficient (Wildman–Crippen LogP) is 1.22. The molecule has 3 unspecified atom stereocenters. The number of nitrogens with one attached hydrogen (secondary N) is 2. The van der Waals surface area contributed by atoms with Crippen LogP contribution in [0, 0.1) is 17.8 Å². The van der Waals surface area contributed by atoms with Gasteiger partial charge in [-0.25, -0.2) is 0 Å². The molecule has 1 aromatic carbocycles. The molecule has 0 saturated carbocycles. The van der Waals surface area contributed by atoms with E-state index in [2.05, 4.69) is 10.6 Å². The normalized spacial score (nSPS) is 35.0. The Morgan fingerprint density at radius 3 is 2.48 bits per heavy atom. The van der Waals surface area contributed by atoms with Gasteiger partial charge < -0.3 is 25.4 Å². The van der Waals surface area contributed by atoms with Crippen LogP contribution in [-0.2, 0) is 25.7 Å². The van der Waals surface area contributed by atoms with Gasteiger partial charge in [-0.05, 0) is 45.6 Å². The molecule has 6 atom stereocenters. The van der Waals surface area contributed by atoms with Crippen molar-refractivity contribution in [2.45, 2.75) is 70.4 Å². The molecule has 3 aliphatic rings. The lowest BCUT2D eigenvalue weighted by molar-refractivity contribution is -0.148. The fourth-order valence-corrected chi connectivity index (χ4v) is 6.12. The van der Waals surface area contributed by atoms with E-state index in [1.807, 2.05) is 65.0 Å². The number of nitrogens with zero attached hydrogens (tertiary/aromatic N) is 1. The van der Waals surface area contributed by atoms with Gasteiger partial charge in [0, 0.05) is 18.6 Å². The molecular weight excluding hydrogens is 422 g/mol.